The largest absolute Gasteiger partial charge is 0.486 e. The van der Waals surface area contributed by atoms with Crippen LogP contribution < -0.4 is 14.8 Å². The van der Waals surface area contributed by atoms with E-state index in [-0.39, 0.29) is 0 Å². The maximum atomic E-state index is 5.70. The van der Waals surface area contributed by atoms with Crippen molar-refractivity contribution >= 4 is 0 Å². The molecule has 1 aliphatic heterocycles. The van der Waals surface area contributed by atoms with Crippen LogP contribution in [-0.2, 0) is 6.42 Å². The molecule has 0 aromatic heterocycles. The summed E-state index contributed by atoms with van der Waals surface area (Å²) in [5, 5.41) is 3.98. The molecule has 0 unspecified atom stereocenters. The predicted octanol–water partition coefficient (Wildman–Crippen LogP) is 3.56. The second-order valence-electron chi connectivity index (χ2n) is 8.35. The lowest BCUT2D eigenvalue weighted by atomic mass is 9.53. The molecular weight excluding hydrogens is 286 g/mol. The number of hydrogen-bond donors (Lipinski definition) is 1. The molecule has 0 saturated heterocycles. The number of benzene rings is 1. The topological polar surface area (TPSA) is 30.5 Å². The third-order valence-electron chi connectivity index (χ3n) is 6.56. The molecule has 3 heteroatoms. The minimum atomic E-state index is 0.475. The number of fused-ring (bicyclic) bond motifs is 1. The van der Waals surface area contributed by atoms with Crippen LogP contribution in [0.15, 0.2) is 18.2 Å². The Kier molecular flexibility index (Phi) is 3.33. The van der Waals surface area contributed by atoms with Gasteiger partial charge in [-0.3, -0.25) is 0 Å². The summed E-state index contributed by atoms with van der Waals surface area (Å²) < 4.78 is 11.3. The van der Waals surface area contributed by atoms with Crippen molar-refractivity contribution < 1.29 is 9.47 Å². The maximum absolute atomic E-state index is 5.70. The van der Waals surface area contributed by atoms with Gasteiger partial charge in [-0.2, -0.15) is 0 Å². The van der Waals surface area contributed by atoms with Gasteiger partial charge in [0.2, 0.25) is 0 Å². The lowest BCUT2D eigenvalue weighted by molar-refractivity contribution is -0.0192. The van der Waals surface area contributed by atoms with Gasteiger partial charge in [0.1, 0.15) is 13.2 Å². The van der Waals surface area contributed by atoms with Gasteiger partial charge in [0.05, 0.1) is 0 Å². The molecule has 0 amide bonds. The lowest BCUT2D eigenvalue weighted by Crippen LogP contribution is -2.58. The molecule has 1 heterocycles. The average Bonchev–Trinajstić information content (AvgIpc) is 2.53. The first-order valence-corrected chi connectivity index (χ1v) is 9.42. The Bertz CT molecular complexity index is 562. The highest BCUT2D eigenvalue weighted by Crippen LogP contribution is 2.55. The van der Waals surface area contributed by atoms with Crippen LogP contribution in [0.4, 0.5) is 0 Å². The van der Waals surface area contributed by atoms with Gasteiger partial charge in [-0.1, -0.05) is 6.07 Å². The van der Waals surface area contributed by atoms with Crippen molar-refractivity contribution in [2.75, 3.05) is 19.8 Å². The Morgan fingerprint density at radius 2 is 1.57 bits per heavy atom. The molecular formula is C20H27NO2. The summed E-state index contributed by atoms with van der Waals surface area (Å²) in [4.78, 5) is 0. The van der Waals surface area contributed by atoms with Crippen molar-refractivity contribution in [1.82, 2.24) is 5.32 Å². The summed E-state index contributed by atoms with van der Waals surface area (Å²) >= 11 is 0. The molecule has 124 valence electrons. The summed E-state index contributed by atoms with van der Waals surface area (Å²) in [6, 6.07) is 6.42. The van der Waals surface area contributed by atoms with Crippen LogP contribution in [0.5, 0.6) is 11.5 Å². The smallest absolute Gasteiger partial charge is 0.161 e. The molecule has 0 radical (unpaired) electrons. The maximum Gasteiger partial charge on any atom is 0.161 e. The van der Waals surface area contributed by atoms with Crippen molar-refractivity contribution in [3.8, 4) is 11.5 Å². The zero-order valence-corrected chi connectivity index (χ0v) is 13.9. The molecule has 5 aliphatic rings. The van der Waals surface area contributed by atoms with Crippen molar-refractivity contribution in [2.24, 2.45) is 17.8 Å². The van der Waals surface area contributed by atoms with E-state index in [2.05, 4.69) is 23.5 Å². The monoisotopic (exact) mass is 313 g/mol. The van der Waals surface area contributed by atoms with E-state index >= 15 is 0 Å². The van der Waals surface area contributed by atoms with Crippen molar-refractivity contribution in [3.05, 3.63) is 23.8 Å². The molecule has 23 heavy (non-hydrogen) atoms. The second kappa shape index (κ2) is 5.41. The molecule has 0 spiro atoms. The van der Waals surface area contributed by atoms with Gasteiger partial charge < -0.3 is 14.8 Å². The third-order valence-corrected chi connectivity index (χ3v) is 6.56. The van der Waals surface area contributed by atoms with Gasteiger partial charge >= 0.3 is 0 Å². The van der Waals surface area contributed by atoms with Gasteiger partial charge in [0.15, 0.2) is 11.5 Å². The first kappa shape index (κ1) is 14.2. The van der Waals surface area contributed by atoms with E-state index in [1.54, 1.807) is 0 Å². The molecule has 6 rings (SSSR count). The van der Waals surface area contributed by atoms with E-state index < -0.39 is 0 Å². The number of nitrogens with one attached hydrogen (secondary N) is 1. The van der Waals surface area contributed by atoms with Crippen LogP contribution in [-0.4, -0.2) is 25.3 Å². The molecule has 4 saturated carbocycles. The van der Waals surface area contributed by atoms with Gasteiger partial charge in [0.25, 0.3) is 0 Å². The Hall–Kier alpha value is -1.22. The molecule has 1 aromatic rings. The Morgan fingerprint density at radius 3 is 2.26 bits per heavy atom. The minimum Gasteiger partial charge on any atom is -0.486 e. The van der Waals surface area contributed by atoms with Crippen LogP contribution in [0.2, 0.25) is 0 Å². The van der Waals surface area contributed by atoms with Crippen LogP contribution in [0.3, 0.4) is 0 Å². The average molecular weight is 313 g/mol. The fourth-order valence-electron chi connectivity index (χ4n) is 6.04. The lowest BCUT2D eigenvalue weighted by Gasteiger charge is -2.57. The molecule has 1 aromatic carbocycles. The first-order chi connectivity index (χ1) is 11.3. The van der Waals surface area contributed by atoms with Crippen LogP contribution in [0.1, 0.15) is 44.1 Å². The second-order valence-corrected chi connectivity index (χ2v) is 8.35. The summed E-state index contributed by atoms with van der Waals surface area (Å²) in [6.07, 6.45) is 9.92. The van der Waals surface area contributed by atoms with Gasteiger partial charge in [-0.25, -0.2) is 0 Å². The van der Waals surface area contributed by atoms with Crippen molar-refractivity contribution in [1.29, 1.82) is 0 Å². The fourth-order valence-corrected chi connectivity index (χ4v) is 6.04. The SMILES string of the molecule is c1cc2c(cc1CCNC13CC4CC(CC(C4)C1)C3)OCCO2. The van der Waals surface area contributed by atoms with Crippen LogP contribution in [0, 0.1) is 17.8 Å². The summed E-state index contributed by atoms with van der Waals surface area (Å²) in [7, 11) is 0. The highest BCUT2D eigenvalue weighted by atomic mass is 16.6. The molecule has 4 bridgehead atoms. The van der Waals surface area contributed by atoms with E-state index in [4.69, 9.17) is 9.47 Å². The van der Waals surface area contributed by atoms with E-state index in [0.717, 1.165) is 42.2 Å². The summed E-state index contributed by atoms with van der Waals surface area (Å²) in [6.45, 7) is 2.42. The first-order valence-electron chi connectivity index (χ1n) is 9.42. The molecule has 1 N–H and O–H groups in total. The van der Waals surface area contributed by atoms with E-state index in [9.17, 15) is 0 Å². The van der Waals surface area contributed by atoms with Crippen molar-refractivity contribution in [2.45, 2.75) is 50.5 Å². The minimum absolute atomic E-state index is 0.475. The fraction of sp³-hybridized carbons (Fsp3) is 0.700. The zero-order chi connectivity index (χ0) is 15.3. The molecule has 4 aliphatic carbocycles. The normalized spacial score (nSPS) is 37.1. The number of ether oxygens (including phenoxy) is 2. The van der Waals surface area contributed by atoms with Gasteiger partial charge in [0, 0.05) is 5.54 Å². The standard InChI is InChI=1S/C20H27NO2/c1-2-18-19(23-6-5-22-18)10-14(1)3-4-21-20-11-15-7-16(12-20)9-17(8-15)13-20/h1-2,10,15-17,21H,3-9,11-13H2. The van der Waals surface area contributed by atoms with E-state index in [1.165, 1.54) is 44.1 Å². The van der Waals surface area contributed by atoms with Crippen LogP contribution >= 0.6 is 0 Å². The number of rotatable bonds is 4. The molecule has 0 atom stereocenters. The quantitative estimate of drug-likeness (QED) is 0.922. The summed E-state index contributed by atoms with van der Waals surface area (Å²) in [5.74, 6) is 4.87. The molecule has 3 nitrogen and oxygen atoms in total. The van der Waals surface area contributed by atoms with E-state index in [1.807, 2.05) is 0 Å². The summed E-state index contributed by atoms with van der Waals surface area (Å²) in [5.41, 5.74) is 1.83. The Balaban J connectivity index is 1.22. The van der Waals surface area contributed by atoms with E-state index in [0.29, 0.717) is 18.8 Å². The Labute approximate surface area is 138 Å². The highest BCUT2D eigenvalue weighted by molar-refractivity contribution is 5.43. The van der Waals surface area contributed by atoms with Gasteiger partial charge in [-0.15, -0.1) is 0 Å². The van der Waals surface area contributed by atoms with Gasteiger partial charge in [-0.05, 0) is 86.9 Å². The third kappa shape index (κ3) is 2.63. The highest BCUT2D eigenvalue weighted by Gasteiger charge is 2.50. The zero-order valence-electron chi connectivity index (χ0n) is 13.9. The van der Waals surface area contributed by atoms with Crippen LogP contribution in [0.25, 0.3) is 0 Å². The predicted molar refractivity (Wildman–Crippen MR) is 90.0 cm³/mol. The molecule has 4 fully saturated rings. The Morgan fingerprint density at radius 1 is 0.913 bits per heavy atom. The number of hydrogen-bond acceptors (Lipinski definition) is 3. The van der Waals surface area contributed by atoms with Crippen molar-refractivity contribution in [3.63, 3.8) is 0 Å².